The zero-order valence-corrected chi connectivity index (χ0v) is 39.2. The number of rotatable bonds is 20. The molecule has 0 heterocycles. The highest BCUT2D eigenvalue weighted by Crippen LogP contribution is 2.67. The van der Waals surface area contributed by atoms with Gasteiger partial charge in [0.15, 0.2) is 0 Å². The Hall–Kier alpha value is -5.32. The predicted octanol–water partition coefficient (Wildman–Crippen LogP) is 4.75. The minimum atomic E-state index is -1.79. The van der Waals surface area contributed by atoms with Gasteiger partial charge in [0, 0.05) is 46.2 Å². The number of aromatic carboxylic acids is 4. The first-order valence-corrected chi connectivity index (χ1v) is 22.2. The van der Waals surface area contributed by atoms with E-state index in [1.165, 1.54) is 60.7 Å². The van der Waals surface area contributed by atoms with Crippen molar-refractivity contribution < 1.29 is 49.1 Å². The summed E-state index contributed by atoms with van der Waals surface area (Å²) in [4.78, 5) is 48.8. The van der Waals surface area contributed by atoms with Gasteiger partial charge in [-0.05, 0) is 217 Å². The minimum Gasteiger partial charge on any atom is -0.545 e. The maximum atomic E-state index is 12.7. The Labute approximate surface area is 440 Å². The Morgan fingerprint density at radius 1 is 0.630 bits per heavy atom. The van der Waals surface area contributed by atoms with Gasteiger partial charge in [0.1, 0.15) is 11.5 Å². The molecule has 4 aromatic carbocycles. The summed E-state index contributed by atoms with van der Waals surface area (Å²) in [5, 5.41) is 48.1. The lowest BCUT2D eigenvalue weighted by Gasteiger charge is -2.59. The van der Waals surface area contributed by atoms with Crippen LogP contribution in [0, 0.1) is 202 Å². The quantitative estimate of drug-likeness (QED) is 0.120. The number of carbonyl (C=O) groups is 4. The molecule has 0 bridgehead atoms. The van der Waals surface area contributed by atoms with Crippen LogP contribution in [0.25, 0.3) is 5.57 Å². The van der Waals surface area contributed by atoms with E-state index in [1.54, 1.807) is 0 Å². The Morgan fingerprint density at radius 2 is 1.18 bits per heavy atom. The predicted molar refractivity (Wildman–Crippen MR) is 249 cm³/mol. The standard InChI is InChI=1S/C61H31Cl2O10/c1-35(2)12-10-13-36(3)49-22-23-50-46-21-20-42-28-37(24-26-60(42,4)51(46)25-27-61(49,50)5)14-11-19-43(40-29-47(58(68)69)54(52(62)31-40)72-33-38-15-6-8-17-44(38)56(64)65)41-30-48(59(70)71)55(53(63)32-41)73-34-39-16-7-9-18-45(39)57(66)67/h6-9,15-18,29-32,37,46,49-51H,1-5H2,(H,64,65)(H,66,67)(H,68,69)(H,70,71)/p-4/t37-,46-,49+,50-,51-,60-,61+/m0/s1. The lowest BCUT2D eigenvalue weighted by molar-refractivity contribution is -0.256. The first-order valence-electron chi connectivity index (χ1n) is 21.4. The fourth-order valence-corrected chi connectivity index (χ4v) is 8.81. The van der Waals surface area contributed by atoms with Crippen LogP contribution in [0.2, 0.25) is 10.0 Å². The number of ether oxygens (including phenoxy) is 2. The summed E-state index contributed by atoms with van der Waals surface area (Å²) >= 11 is 13.3. The topological polar surface area (TPSA) is 179 Å². The third kappa shape index (κ3) is 11.4. The van der Waals surface area contributed by atoms with E-state index in [2.05, 4.69) is 144 Å². The van der Waals surface area contributed by atoms with Crippen molar-refractivity contribution in [2.45, 2.75) is 0 Å². The maximum absolute atomic E-state index is 12.7. The molecule has 0 unspecified atom stereocenters. The van der Waals surface area contributed by atoms with E-state index in [4.69, 9.17) is 32.7 Å². The molecule has 12 heteroatoms. The average Bonchev–Trinajstić information content (AvgIpc) is 3.71. The molecular weight excluding hydrogens is 964 g/mol. The number of carbonyl (C=O) groups excluding carboxylic acids is 4. The highest BCUT2D eigenvalue weighted by Gasteiger charge is 2.62. The molecule has 0 spiro atoms. The molecule has 0 amide bonds. The van der Waals surface area contributed by atoms with Crippen LogP contribution in [-0.4, -0.2) is 23.9 Å². The molecule has 4 fully saturated rings. The van der Waals surface area contributed by atoms with Gasteiger partial charge in [-0.2, -0.15) is 0 Å². The van der Waals surface area contributed by atoms with Crippen molar-refractivity contribution in [2.75, 3.05) is 0 Å². The lowest BCUT2D eigenvalue weighted by atomic mass is 9.44. The van der Waals surface area contributed by atoms with E-state index in [-0.39, 0.29) is 60.8 Å². The largest absolute Gasteiger partial charge is 0.545 e. The van der Waals surface area contributed by atoms with Crippen molar-refractivity contribution >= 4 is 52.7 Å². The van der Waals surface area contributed by atoms with Gasteiger partial charge < -0.3 is 49.1 Å². The summed E-state index contributed by atoms with van der Waals surface area (Å²) < 4.78 is 11.1. The van der Waals surface area contributed by atoms with E-state index in [0.717, 1.165) is 12.1 Å². The van der Waals surface area contributed by atoms with Crippen molar-refractivity contribution in [1.29, 1.82) is 0 Å². The first-order chi connectivity index (χ1) is 34.8. The second kappa shape index (κ2) is 22.7. The number of halogens is 2. The fourth-order valence-electron chi connectivity index (χ4n) is 8.29. The summed E-state index contributed by atoms with van der Waals surface area (Å²) in [6.07, 6.45) is 46.3. The summed E-state index contributed by atoms with van der Waals surface area (Å²) in [5.41, 5.74) is -4.30. The zero-order chi connectivity index (χ0) is 52.4. The first kappa shape index (κ1) is 54.0. The molecule has 10 nitrogen and oxygen atoms in total. The summed E-state index contributed by atoms with van der Waals surface area (Å²) in [6, 6.07) is 15.5. The Bertz CT molecular complexity index is 2610. The van der Waals surface area contributed by atoms with Crippen molar-refractivity contribution in [3.05, 3.63) is 289 Å². The lowest BCUT2D eigenvalue weighted by Crippen LogP contribution is -2.54. The van der Waals surface area contributed by atoms with E-state index in [0.29, 0.717) is 17.8 Å². The molecule has 7 atom stereocenters. The zero-order valence-electron chi connectivity index (χ0n) is 37.7. The number of fused-ring (bicyclic) bond motifs is 5. The molecule has 4 aliphatic carbocycles. The molecule has 349 valence electrons. The van der Waals surface area contributed by atoms with Gasteiger partial charge >= 0.3 is 0 Å². The van der Waals surface area contributed by atoms with E-state index in [1.807, 2.05) is 0 Å². The van der Waals surface area contributed by atoms with Gasteiger partial charge in [-0.1, -0.05) is 71.7 Å². The summed E-state index contributed by atoms with van der Waals surface area (Å²) in [6.45, 7) is 25.2. The van der Waals surface area contributed by atoms with Gasteiger partial charge in [-0.15, -0.1) is 0 Å². The highest BCUT2D eigenvalue weighted by molar-refractivity contribution is 6.33. The number of allylic oxidation sites excluding steroid dienone is 1. The minimum absolute atomic E-state index is 0.0416. The average molecular weight is 991 g/mol. The van der Waals surface area contributed by atoms with Gasteiger partial charge in [0.2, 0.25) is 13.2 Å². The van der Waals surface area contributed by atoms with Gasteiger partial charge in [-0.3, -0.25) is 0 Å². The molecule has 4 aromatic rings. The smallest absolute Gasteiger partial charge is 0.231 e. The van der Waals surface area contributed by atoms with Crippen LogP contribution < -0.4 is 29.9 Å². The second-order valence-corrected chi connectivity index (χ2v) is 17.4. The Balaban J connectivity index is 1.05. The van der Waals surface area contributed by atoms with Crippen LogP contribution in [-0.2, 0) is 0 Å². The monoisotopic (exact) mass is 989 g/mol. The normalized spacial score (nSPS) is 24.6. The third-order valence-corrected chi connectivity index (χ3v) is 12.4. The van der Waals surface area contributed by atoms with Crippen LogP contribution in [0.3, 0.4) is 0 Å². The molecule has 8 rings (SSSR count). The number of carboxylic acids is 4. The molecule has 4 aliphatic rings. The molecule has 41 radical (unpaired) electrons. The maximum Gasteiger partial charge on any atom is 0.231 e. The second-order valence-electron chi connectivity index (χ2n) is 16.6. The molecule has 4 saturated carbocycles. The SMILES string of the molecule is [CH2][C]([CH2])[C][C][C][C]([CH2])[C@H]1[C][C][C@H]2[C@@H]3[C][C][C]4[C][C@@H]([C][C][C]=C(c5cc(Cl)c(O[C]c6ccccc6C(=O)[O-])c(C(=O)[O-])c5)c5cc(Cl)c(O[C]c6ccccc6C(=O)[O-])c(C(=O)[O-])c5)[C][C][C@]4([CH2])[C@H]3[C][C][C@]12[CH2]. The summed E-state index contributed by atoms with van der Waals surface area (Å²) in [5.74, 6) is -8.83. The highest BCUT2D eigenvalue weighted by atomic mass is 35.5. The van der Waals surface area contributed by atoms with Gasteiger partial charge in [-0.25, -0.2) is 0 Å². The molecule has 0 saturated heterocycles. The van der Waals surface area contributed by atoms with Crippen LogP contribution in [0.1, 0.15) is 63.7 Å². The van der Waals surface area contributed by atoms with Crippen LogP contribution in [0.5, 0.6) is 11.5 Å². The van der Waals surface area contributed by atoms with E-state index >= 15 is 0 Å². The number of benzene rings is 4. The molecule has 0 aromatic heterocycles. The Morgan fingerprint density at radius 3 is 1.71 bits per heavy atom. The number of hydrogen-bond donors (Lipinski definition) is 0. The molecule has 0 aliphatic heterocycles. The fraction of sp³-hybridized carbons (Fsp3) is 0.115. The molecular formula is C61H27Cl2O10-4. The molecule has 73 heavy (non-hydrogen) atoms. The van der Waals surface area contributed by atoms with Gasteiger partial charge in [0.05, 0.1) is 33.9 Å². The van der Waals surface area contributed by atoms with Crippen molar-refractivity contribution in [3.8, 4) is 11.5 Å². The van der Waals surface area contributed by atoms with Gasteiger partial charge in [0.25, 0.3) is 0 Å². The third-order valence-electron chi connectivity index (χ3n) is 11.8. The molecule has 0 N–H and O–H groups in total. The van der Waals surface area contributed by atoms with Crippen molar-refractivity contribution in [1.82, 2.24) is 0 Å². The van der Waals surface area contributed by atoms with E-state index in [9.17, 15) is 39.6 Å². The number of hydrogen-bond acceptors (Lipinski definition) is 10. The number of carboxylic acid groups (broad SMARTS) is 4. The van der Waals surface area contributed by atoms with Crippen LogP contribution >= 0.6 is 23.2 Å². The van der Waals surface area contributed by atoms with Crippen molar-refractivity contribution in [2.24, 2.45) is 40.4 Å². The van der Waals surface area contributed by atoms with Crippen LogP contribution in [0.15, 0.2) is 72.8 Å². The Kier molecular flexibility index (Phi) is 16.7. The van der Waals surface area contributed by atoms with Crippen molar-refractivity contribution in [3.63, 3.8) is 0 Å². The summed E-state index contributed by atoms with van der Waals surface area (Å²) in [7, 11) is 0. The van der Waals surface area contributed by atoms with Crippen LogP contribution in [0.4, 0.5) is 0 Å². The van der Waals surface area contributed by atoms with E-state index < -0.39 is 75.1 Å².